The van der Waals surface area contributed by atoms with Crippen molar-refractivity contribution in [2.24, 2.45) is 0 Å². The maximum Gasteiger partial charge on any atom is 0.469 e. The van der Waals surface area contributed by atoms with Crippen molar-refractivity contribution in [1.82, 2.24) is 0 Å². The van der Waals surface area contributed by atoms with Crippen LogP contribution in [0.4, 0.5) is 0 Å². The van der Waals surface area contributed by atoms with E-state index in [4.69, 9.17) is 9.05 Å². The van der Waals surface area contributed by atoms with Crippen molar-refractivity contribution in [3.05, 3.63) is 96.1 Å². The molecule has 2 atom stereocenters. The summed E-state index contributed by atoms with van der Waals surface area (Å²) >= 11 is 0. The predicted octanol–water partition coefficient (Wildman–Crippen LogP) is 4.10. The monoisotopic (exact) mass is 382 g/mol. The summed E-state index contributed by atoms with van der Waals surface area (Å²) in [5.74, 6) is 0.559. The predicted molar refractivity (Wildman–Crippen MR) is 102 cm³/mol. The summed E-state index contributed by atoms with van der Waals surface area (Å²) in [7, 11) is -4.31. The first-order chi connectivity index (χ1) is 13.0. The van der Waals surface area contributed by atoms with Crippen LogP contribution in [0, 0.1) is 0 Å². The molecule has 0 aliphatic heterocycles. The van der Waals surface area contributed by atoms with Gasteiger partial charge >= 0.3 is 7.60 Å². The molecule has 4 rings (SSSR count). The quantitative estimate of drug-likeness (QED) is 0.650. The van der Waals surface area contributed by atoms with E-state index in [1.165, 1.54) is 0 Å². The Morgan fingerprint density at radius 1 is 0.815 bits per heavy atom. The van der Waals surface area contributed by atoms with Crippen molar-refractivity contribution in [2.75, 3.05) is 0 Å². The maximum atomic E-state index is 14.0. The molecule has 0 fully saturated rings. The highest BCUT2D eigenvalue weighted by Crippen LogP contribution is 2.66. The second kappa shape index (κ2) is 6.86. The second-order valence-corrected chi connectivity index (χ2v) is 8.45. The van der Waals surface area contributed by atoms with Gasteiger partial charge in [-0.2, -0.15) is 0 Å². The van der Waals surface area contributed by atoms with Gasteiger partial charge in [0, 0.05) is 12.0 Å². The van der Waals surface area contributed by atoms with Gasteiger partial charge in [-0.3, -0.25) is 0 Å². The number of hydrogen-bond donors (Lipinski definition) is 2. The van der Waals surface area contributed by atoms with E-state index in [1.807, 2.05) is 0 Å². The molecule has 2 N–H and O–H groups in total. The van der Waals surface area contributed by atoms with Crippen LogP contribution < -0.4 is 9.05 Å². The van der Waals surface area contributed by atoms with Crippen LogP contribution in [-0.2, 0) is 16.3 Å². The summed E-state index contributed by atoms with van der Waals surface area (Å²) in [4.78, 5) is 0. The third kappa shape index (κ3) is 3.04. The fraction of sp³-hybridized carbons (Fsp3) is 0.143. The van der Waals surface area contributed by atoms with Crippen LogP contribution in [0.25, 0.3) is 0 Å². The summed E-state index contributed by atoms with van der Waals surface area (Å²) in [6.45, 7) is 0. The number of para-hydroxylation sites is 2. The first-order valence-electron chi connectivity index (χ1n) is 8.61. The van der Waals surface area contributed by atoms with Crippen LogP contribution in [0.15, 0.2) is 84.9 Å². The SMILES string of the molecule is O=P(Oc1ccccc1)(Oc1ccccc1)[C@@]1(O)c2ccccc2C[C@@H]1O. The molecular weight excluding hydrogens is 363 g/mol. The Bertz CT molecular complexity index is 931. The minimum absolute atomic E-state index is 0.160. The van der Waals surface area contributed by atoms with Crippen LogP contribution in [0.3, 0.4) is 0 Å². The Hall–Kier alpha value is -2.59. The molecule has 3 aromatic rings. The van der Waals surface area contributed by atoms with Gasteiger partial charge in [-0.1, -0.05) is 60.7 Å². The molecule has 0 amide bonds. The molecule has 0 heterocycles. The maximum absolute atomic E-state index is 14.0. The lowest BCUT2D eigenvalue weighted by Gasteiger charge is -2.34. The standard InChI is InChI=1S/C21H19O5P/c22-20-15-16-9-7-8-14-19(16)21(20,23)27(24,25-17-10-3-1-4-11-17)26-18-12-5-2-6-13-18/h1-14,20,22-23H,15H2/t20-,21-/m0/s1. The van der Waals surface area contributed by atoms with Gasteiger partial charge in [0.05, 0.1) is 0 Å². The van der Waals surface area contributed by atoms with Crippen molar-refractivity contribution in [3.8, 4) is 11.5 Å². The number of benzene rings is 3. The molecule has 0 saturated heterocycles. The van der Waals surface area contributed by atoms with E-state index in [2.05, 4.69) is 0 Å². The van der Waals surface area contributed by atoms with Gasteiger partial charge in [-0.25, -0.2) is 4.57 Å². The number of rotatable bonds is 5. The van der Waals surface area contributed by atoms with Gasteiger partial charge in [0.15, 0.2) is 0 Å². The summed E-state index contributed by atoms with van der Waals surface area (Å²) in [6.07, 6.45) is -1.17. The second-order valence-electron chi connectivity index (χ2n) is 6.41. The van der Waals surface area contributed by atoms with Crippen molar-refractivity contribution >= 4 is 7.60 Å². The molecule has 1 aliphatic carbocycles. The van der Waals surface area contributed by atoms with E-state index >= 15 is 0 Å². The van der Waals surface area contributed by atoms with Crippen molar-refractivity contribution < 1.29 is 23.8 Å². The van der Waals surface area contributed by atoms with E-state index in [-0.39, 0.29) is 17.9 Å². The highest BCUT2D eigenvalue weighted by Gasteiger charge is 2.62. The first-order valence-corrected chi connectivity index (χ1v) is 10.2. The number of fused-ring (bicyclic) bond motifs is 1. The molecule has 6 heteroatoms. The Labute approximate surface area is 157 Å². The number of aliphatic hydroxyl groups excluding tert-OH is 1. The zero-order chi connectivity index (χ0) is 18.9. The fourth-order valence-electron chi connectivity index (χ4n) is 3.32. The van der Waals surface area contributed by atoms with E-state index in [1.54, 1.807) is 84.9 Å². The molecule has 5 nitrogen and oxygen atoms in total. The van der Waals surface area contributed by atoms with Crippen LogP contribution in [0.2, 0.25) is 0 Å². The van der Waals surface area contributed by atoms with Crippen LogP contribution >= 0.6 is 7.60 Å². The Kier molecular flexibility index (Phi) is 4.52. The van der Waals surface area contributed by atoms with Crippen LogP contribution in [0.5, 0.6) is 11.5 Å². The Morgan fingerprint density at radius 2 is 1.30 bits per heavy atom. The summed E-state index contributed by atoms with van der Waals surface area (Å²) in [5, 5.41) is 20.0. The van der Waals surface area contributed by atoms with Gasteiger partial charge in [-0.15, -0.1) is 0 Å². The highest BCUT2D eigenvalue weighted by atomic mass is 31.2. The zero-order valence-corrected chi connectivity index (χ0v) is 15.3. The van der Waals surface area contributed by atoms with Crippen LogP contribution in [0.1, 0.15) is 11.1 Å². The lowest BCUT2D eigenvalue weighted by molar-refractivity contribution is -0.0189. The van der Waals surface area contributed by atoms with E-state index in [9.17, 15) is 14.8 Å². The summed E-state index contributed by atoms with van der Waals surface area (Å²) < 4.78 is 25.5. The Balaban J connectivity index is 1.84. The van der Waals surface area contributed by atoms with Crippen molar-refractivity contribution in [2.45, 2.75) is 17.9 Å². The first kappa shape index (κ1) is 17.8. The lowest BCUT2D eigenvalue weighted by atomic mass is 10.1. The minimum Gasteiger partial charge on any atom is -0.414 e. The molecule has 0 unspecified atom stereocenters. The topological polar surface area (TPSA) is 76.0 Å². The normalized spacial score (nSPS) is 21.5. The van der Waals surface area contributed by atoms with Crippen LogP contribution in [-0.4, -0.2) is 16.3 Å². The molecule has 3 aromatic carbocycles. The minimum atomic E-state index is -4.31. The Morgan fingerprint density at radius 3 is 1.85 bits per heavy atom. The molecule has 1 aliphatic rings. The van der Waals surface area contributed by atoms with Gasteiger partial charge in [0.1, 0.15) is 17.6 Å². The zero-order valence-electron chi connectivity index (χ0n) is 14.4. The molecule has 0 saturated carbocycles. The average molecular weight is 382 g/mol. The number of aliphatic hydroxyl groups is 2. The molecular formula is C21H19O5P. The third-order valence-electron chi connectivity index (χ3n) is 4.65. The van der Waals surface area contributed by atoms with Crippen molar-refractivity contribution in [1.29, 1.82) is 0 Å². The highest BCUT2D eigenvalue weighted by molar-refractivity contribution is 7.55. The van der Waals surface area contributed by atoms with E-state index in [0.29, 0.717) is 11.1 Å². The lowest BCUT2D eigenvalue weighted by Crippen LogP contribution is -2.39. The molecule has 0 spiro atoms. The third-order valence-corrected chi connectivity index (χ3v) is 6.92. The average Bonchev–Trinajstić information content (AvgIpc) is 2.95. The van der Waals surface area contributed by atoms with E-state index in [0.717, 1.165) is 0 Å². The molecule has 27 heavy (non-hydrogen) atoms. The summed E-state index contributed by atoms with van der Waals surface area (Å²) in [5.41, 5.74) is 1.06. The number of hydrogen-bond acceptors (Lipinski definition) is 5. The van der Waals surface area contributed by atoms with E-state index < -0.39 is 19.0 Å². The molecule has 0 bridgehead atoms. The molecule has 0 radical (unpaired) electrons. The fourth-order valence-corrected chi connectivity index (χ4v) is 5.40. The molecule has 0 aromatic heterocycles. The van der Waals surface area contributed by atoms with Gasteiger partial charge in [0.2, 0.25) is 5.34 Å². The largest absolute Gasteiger partial charge is 0.469 e. The van der Waals surface area contributed by atoms with Gasteiger partial charge in [-0.05, 0) is 29.8 Å². The van der Waals surface area contributed by atoms with Gasteiger partial charge < -0.3 is 19.3 Å². The van der Waals surface area contributed by atoms with Gasteiger partial charge in [0.25, 0.3) is 0 Å². The summed E-state index contributed by atoms with van der Waals surface area (Å²) in [6, 6.07) is 23.9. The smallest absolute Gasteiger partial charge is 0.414 e. The molecule has 138 valence electrons. The van der Waals surface area contributed by atoms with Crippen molar-refractivity contribution in [3.63, 3.8) is 0 Å².